The second-order valence-electron chi connectivity index (χ2n) is 5.26. The van der Waals surface area contributed by atoms with Gasteiger partial charge in [0.15, 0.2) is 5.78 Å². The van der Waals surface area contributed by atoms with Crippen molar-refractivity contribution >= 4 is 17.1 Å². The number of fused-ring (bicyclic) bond motifs is 1. The van der Waals surface area contributed by atoms with Crippen LogP contribution in [0.1, 0.15) is 52.7 Å². The highest BCUT2D eigenvalue weighted by Crippen LogP contribution is 2.32. The molecule has 2 heterocycles. The second kappa shape index (κ2) is 5.69. The average Bonchev–Trinajstić information content (AvgIpc) is 2.85. The van der Waals surface area contributed by atoms with E-state index in [1.807, 2.05) is 0 Å². The fourth-order valence-electron chi connectivity index (χ4n) is 2.80. The lowest BCUT2D eigenvalue weighted by molar-refractivity contribution is -0.0299. The highest BCUT2D eigenvalue weighted by Gasteiger charge is 2.28. The Morgan fingerprint density at radius 1 is 1.47 bits per heavy atom. The monoisotopic (exact) mass is 280 g/mol. The first-order chi connectivity index (χ1) is 9.28. The lowest BCUT2D eigenvalue weighted by Crippen LogP contribution is -2.38. The fourth-order valence-corrected chi connectivity index (χ4v) is 3.92. The summed E-state index contributed by atoms with van der Waals surface area (Å²) >= 11 is 1.56. The van der Waals surface area contributed by atoms with Gasteiger partial charge in [0.05, 0.1) is 17.2 Å². The molecule has 0 radical (unpaired) electrons. The molecule has 1 atom stereocenters. The number of aromatic nitrogens is 1. The van der Waals surface area contributed by atoms with E-state index in [-0.39, 0.29) is 11.9 Å². The Morgan fingerprint density at radius 3 is 3.16 bits per heavy atom. The molecule has 2 aliphatic rings. The molecule has 0 amide bonds. The van der Waals surface area contributed by atoms with E-state index in [1.54, 1.807) is 11.3 Å². The van der Waals surface area contributed by atoms with Crippen molar-refractivity contribution < 1.29 is 9.53 Å². The summed E-state index contributed by atoms with van der Waals surface area (Å²) in [4.78, 5) is 19.8. The van der Waals surface area contributed by atoms with Crippen LogP contribution in [0.5, 0.6) is 0 Å². The number of ketones is 1. The molecule has 4 nitrogen and oxygen atoms in total. The van der Waals surface area contributed by atoms with E-state index in [9.17, 15) is 4.79 Å². The van der Waals surface area contributed by atoms with Gasteiger partial charge in [0, 0.05) is 19.5 Å². The Bertz CT molecular complexity index is 470. The minimum absolute atomic E-state index is 0.0590. The SMILES string of the molecule is CCCN1CCOC(c2nc3c(s2)C(=O)CCC3)C1. The Kier molecular flexibility index (Phi) is 3.96. The number of hydrogen-bond acceptors (Lipinski definition) is 5. The maximum atomic E-state index is 11.9. The van der Waals surface area contributed by atoms with Gasteiger partial charge in [-0.3, -0.25) is 9.69 Å². The van der Waals surface area contributed by atoms with Gasteiger partial charge < -0.3 is 4.74 Å². The van der Waals surface area contributed by atoms with Crippen LogP contribution in [-0.4, -0.2) is 41.9 Å². The predicted octanol–water partition coefficient (Wildman–Crippen LogP) is 2.45. The lowest BCUT2D eigenvalue weighted by Gasteiger charge is -2.31. The number of hydrogen-bond donors (Lipinski definition) is 0. The fraction of sp³-hybridized carbons (Fsp3) is 0.714. The summed E-state index contributed by atoms with van der Waals surface area (Å²) in [5.74, 6) is 0.270. The predicted molar refractivity (Wildman–Crippen MR) is 74.8 cm³/mol. The van der Waals surface area contributed by atoms with Gasteiger partial charge in [-0.15, -0.1) is 11.3 Å². The van der Waals surface area contributed by atoms with Gasteiger partial charge in [-0.2, -0.15) is 0 Å². The first kappa shape index (κ1) is 13.2. The van der Waals surface area contributed by atoms with E-state index in [0.717, 1.165) is 54.7 Å². The standard InChI is InChI=1S/C14H20N2O2S/c1-2-6-16-7-8-18-12(9-16)14-15-10-4-3-5-11(17)13(10)19-14/h12H,2-9H2,1H3. The molecular formula is C14H20N2O2S. The summed E-state index contributed by atoms with van der Waals surface area (Å²) in [7, 11) is 0. The number of rotatable bonds is 3. The van der Waals surface area contributed by atoms with Gasteiger partial charge in [-0.25, -0.2) is 4.98 Å². The molecule has 3 rings (SSSR count). The van der Waals surface area contributed by atoms with Crippen LogP contribution in [0.2, 0.25) is 0 Å². The van der Waals surface area contributed by atoms with Gasteiger partial charge >= 0.3 is 0 Å². The highest BCUT2D eigenvalue weighted by molar-refractivity contribution is 7.14. The van der Waals surface area contributed by atoms with Crippen LogP contribution >= 0.6 is 11.3 Å². The molecular weight excluding hydrogens is 260 g/mol. The number of Topliss-reactive ketones (excluding diaryl/α,β-unsaturated/α-hetero) is 1. The van der Waals surface area contributed by atoms with E-state index >= 15 is 0 Å². The molecule has 1 aliphatic heterocycles. The molecule has 5 heteroatoms. The second-order valence-corrected chi connectivity index (χ2v) is 6.30. The number of aryl methyl sites for hydroxylation is 1. The maximum Gasteiger partial charge on any atom is 0.174 e. The molecule has 104 valence electrons. The van der Waals surface area contributed by atoms with Crippen LogP contribution in [0, 0.1) is 0 Å². The van der Waals surface area contributed by atoms with Crippen molar-refractivity contribution in [3.8, 4) is 0 Å². The number of morpholine rings is 1. The zero-order valence-electron chi connectivity index (χ0n) is 11.4. The summed E-state index contributed by atoms with van der Waals surface area (Å²) in [5, 5.41) is 1.00. The minimum Gasteiger partial charge on any atom is -0.368 e. The van der Waals surface area contributed by atoms with Crippen LogP contribution < -0.4 is 0 Å². The molecule has 1 fully saturated rings. The molecule has 0 spiro atoms. The van der Waals surface area contributed by atoms with Crippen molar-refractivity contribution in [2.24, 2.45) is 0 Å². The third-order valence-corrected chi connectivity index (χ3v) is 4.98. The largest absolute Gasteiger partial charge is 0.368 e. The first-order valence-corrected chi connectivity index (χ1v) is 7.96. The third-order valence-electron chi connectivity index (χ3n) is 3.75. The maximum absolute atomic E-state index is 11.9. The van der Waals surface area contributed by atoms with Crippen LogP contribution in [0.4, 0.5) is 0 Å². The van der Waals surface area contributed by atoms with Crippen molar-refractivity contribution in [3.05, 3.63) is 15.6 Å². The third kappa shape index (κ3) is 2.73. The molecule has 1 aliphatic carbocycles. The molecule has 0 aromatic carbocycles. The van der Waals surface area contributed by atoms with E-state index in [4.69, 9.17) is 4.74 Å². The number of nitrogens with zero attached hydrogens (tertiary/aromatic N) is 2. The van der Waals surface area contributed by atoms with Crippen molar-refractivity contribution in [2.75, 3.05) is 26.2 Å². The normalized spacial score (nSPS) is 24.5. The van der Waals surface area contributed by atoms with E-state index < -0.39 is 0 Å². The summed E-state index contributed by atoms with van der Waals surface area (Å²) in [6, 6.07) is 0. The smallest absolute Gasteiger partial charge is 0.174 e. The van der Waals surface area contributed by atoms with Crippen molar-refractivity contribution in [3.63, 3.8) is 0 Å². The summed E-state index contributed by atoms with van der Waals surface area (Å²) in [5.41, 5.74) is 1.01. The zero-order valence-corrected chi connectivity index (χ0v) is 12.2. The van der Waals surface area contributed by atoms with E-state index in [1.165, 1.54) is 6.42 Å². The highest BCUT2D eigenvalue weighted by atomic mass is 32.1. The van der Waals surface area contributed by atoms with Crippen molar-refractivity contribution in [1.29, 1.82) is 0 Å². The van der Waals surface area contributed by atoms with Gasteiger partial charge in [-0.05, 0) is 25.8 Å². The van der Waals surface area contributed by atoms with Gasteiger partial charge in [0.2, 0.25) is 0 Å². The Balaban J connectivity index is 1.76. The minimum atomic E-state index is 0.0590. The number of ether oxygens (including phenoxy) is 1. The number of carbonyl (C=O) groups is 1. The van der Waals surface area contributed by atoms with Gasteiger partial charge in [0.1, 0.15) is 11.1 Å². The number of thiazole rings is 1. The zero-order chi connectivity index (χ0) is 13.2. The first-order valence-electron chi connectivity index (χ1n) is 7.14. The number of carbonyl (C=O) groups excluding carboxylic acids is 1. The van der Waals surface area contributed by atoms with Gasteiger partial charge in [0.25, 0.3) is 0 Å². The summed E-state index contributed by atoms with van der Waals surface area (Å²) in [6.45, 7) is 6.00. The molecule has 19 heavy (non-hydrogen) atoms. The quantitative estimate of drug-likeness (QED) is 0.853. The Hall–Kier alpha value is -0.780. The van der Waals surface area contributed by atoms with Crippen LogP contribution in [0.25, 0.3) is 0 Å². The summed E-state index contributed by atoms with van der Waals surface area (Å²) in [6.07, 6.45) is 3.80. The van der Waals surface area contributed by atoms with Crippen LogP contribution in [0.3, 0.4) is 0 Å². The van der Waals surface area contributed by atoms with Crippen LogP contribution in [0.15, 0.2) is 0 Å². The van der Waals surface area contributed by atoms with Crippen molar-refractivity contribution in [2.45, 2.75) is 38.7 Å². The average molecular weight is 280 g/mol. The van der Waals surface area contributed by atoms with E-state index in [2.05, 4.69) is 16.8 Å². The lowest BCUT2D eigenvalue weighted by atomic mass is 10.0. The van der Waals surface area contributed by atoms with E-state index in [0.29, 0.717) is 6.42 Å². The van der Waals surface area contributed by atoms with Crippen molar-refractivity contribution in [1.82, 2.24) is 9.88 Å². The van der Waals surface area contributed by atoms with Gasteiger partial charge in [-0.1, -0.05) is 6.92 Å². The summed E-state index contributed by atoms with van der Waals surface area (Å²) < 4.78 is 5.85. The molecule has 1 unspecified atom stereocenters. The Morgan fingerprint density at radius 2 is 2.37 bits per heavy atom. The molecule has 0 saturated carbocycles. The Labute approximate surface area is 117 Å². The molecule has 0 N–H and O–H groups in total. The van der Waals surface area contributed by atoms with Crippen LogP contribution in [-0.2, 0) is 11.2 Å². The molecule has 1 aromatic rings. The molecule has 1 aromatic heterocycles. The topological polar surface area (TPSA) is 42.4 Å². The molecule has 0 bridgehead atoms. The molecule has 1 saturated heterocycles.